The number of para-hydroxylation sites is 1. The lowest BCUT2D eigenvalue weighted by molar-refractivity contribution is -0.121. The van der Waals surface area contributed by atoms with Crippen molar-refractivity contribution >= 4 is 16.8 Å². The van der Waals surface area contributed by atoms with Crippen LogP contribution >= 0.6 is 0 Å². The fourth-order valence-corrected chi connectivity index (χ4v) is 3.49. The van der Waals surface area contributed by atoms with Crippen molar-refractivity contribution in [2.45, 2.75) is 39.8 Å². The number of nitrogens with one attached hydrogen (secondary N) is 1. The molecule has 2 heterocycles. The molecular formula is C21H28N4O2. The highest BCUT2D eigenvalue weighted by molar-refractivity contribution is 5.85. The number of amides is 1. The van der Waals surface area contributed by atoms with Gasteiger partial charge in [-0.3, -0.25) is 9.48 Å². The smallest absolute Gasteiger partial charge is 0.220 e. The van der Waals surface area contributed by atoms with Crippen LogP contribution in [-0.2, 0) is 36.1 Å². The van der Waals surface area contributed by atoms with Crippen molar-refractivity contribution < 1.29 is 9.53 Å². The third-order valence-corrected chi connectivity index (χ3v) is 5.15. The van der Waals surface area contributed by atoms with E-state index in [0.29, 0.717) is 19.6 Å². The van der Waals surface area contributed by atoms with Crippen LogP contribution < -0.4 is 5.32 Å². The molecule has 0 radical (unpaired) electrons. The molecular weight excluding hydrogens is 340 g/mol. The number of carbonyl (C=O) groups excluding carboxylic acids is 1. The molecule has 0 spiro atoms. The Kier molecular flexibility index (Phi) is 5.96. The number of hydrogen-bond donors (Lipinski definition) is 1. The second kappa shape index (κ2) is 8.39. The van der Waals surface area contributed by atoms with Gasteiger partial charge in [0.2, 0.25) is 5.91 Å². The molecule has 0 bridgehead atoms. The van der Waals surface area contributed by atoms with Crippen LogP contribution in [0.1, 0.15) is 28.9 Å². The molecule has 2 aromatic heterocycles. The van der Waals surface area contributed by atoms with Gasteiger partial charge in [0.05, 0.1) is 12.3 Å². The van der Waals surface area contributed by atoms with Gasteiger partial charge in [0.25, 0.3) is 0 Å². The van der Waals surface area contributed by atoms with Crippen molar-refractivity contribution in [3.8, 4) is 0 Å². The number of hydrogen-bond acceptors (Lipinski definition) is 3. The average Bonchev–Trinajstić information content (AvgIpc) is 3.13. The van der Waals surface area contributed by atoms with E-state index in [-0.39, 0.29) is 5.91 Å². The molecule has 1 amide bonds. The lowest BCUT2D eigenvalue weighted by atomic mass is 10.1. The second-order valence-electron chi connectivity index (χ2n) is 6.91. The Morgan fingerprint density at radius 3 is 2.74 bits per heavy atom. The SMILES string of the molecule is COCCn1cc(CCC(=O)NCc2c(C)nn(C)c2C)c2ccccc21. The summed E-state index contributed by atoms with van der Waals surface area (Å²) in [6, 6.07) is 8.32. The van der Waals surface area contributed by atoms with Crippen molar-refractivity contribution in [1.29, 1.82) is 0 Å². The number of ether oxygens (including phenoxy) is 1. The Bertz CT molecular complexity index is 939. The summed E-state index contributed by atoms with van der Waals surface area (Å²) in [5.74, 6) is 0.0615. The van der Waals surface area contributed by atoms with Crippen LogP contribution in [0.2, 0.25) is 0 Å². The summed E-state index contributed by atoms with van der Waals surface area (Å²) in [7, 11) is 3.63. The van der Waals surface area contributed by atoms with E-state index in [2.05, 4.69) is 33.3 Å². The first-order valence-corrected chi connectivity index (χ1v) is 9.32. The van der Waals surface area contributed by atoms with E-state index in [1.165, 1.54) is 16.5 Å². The van der Waals surface area contributed by atoms with Crippen molar-refractivity contribution in [3.63, 3.8) is 0 Å². The number of aryl methyl sites for hydroxylation is 3. The fraction of sp³-hybridized carbons (Fsp3) is 0.429. The number of benzene rings is 1. The minimum atomic E-state index is 0.0615. The number of methoxy groups -OCH3 is 1. The van der Waals surface area contributed by atoms with Gasteiger partial charge in [0.15, 0.2) is 0 Å². The maximum atomic E-state index is 12.4. The Morgan fingerprint density at radius 1 is 1.26 bits per heavy atom. The normalized spacial score (nSPS) is 11.3. The molecule has 3 aromatic rings. The Labute approximate surface area is 160 Å². The predicted molar refractivity (Wildman–Crippen MR) is 107 cm³/mol. The Balaban J connectivity index is 1.63. The lowest BCUT2D eigenvalue weighted by Gasteiger charge is -2.06. The molecule has 3 rings (SSSR count). The molecule has 0 saturated carbocycles. The summed E-state index contributed by atoms with van der Waals surface area (Å²) < 4.78 is 9.26. The largest absolute Gasteiger partial charge is 0.383 e. The van der Waals surface area contributed by atoms with Crippen molar-refractivity contribution in [2.24, 2.45) is 7.05 Å². The van der Waals surface area contributed by atoms with E-state index in [1.807, 2.05) is 37.7 Å². The van der Waals surface area contributed by atoms with Crippen LogP contribution in [0, 0.1) is 13.8 Å². The molecule has 6 nitrogen and oxygen atoms in total. The first-order chi connectivity index (χ1) is 13.0. The summed E-state index contributed by atoms with van der Waals surface area (Å²) in [6.45, 7) is 6.00. The average molecular weight is 368 g/mol. The summed E-state index contributed by atoms with van der Waals surface area (Å²) in [5, 5.41) is 8.64. The van der Waals surface area contributed by atoms with E-state index in [9.17, 15) is 4.79 Å². The van der Waals surface area contributed by atoms with Crippen molar-refractivity contribution in [1.82, 2.24) is 19.7 Å². The van der Waals surface area contributed by atoms with Gasteiger partial charge in [-0.2, -0.15) is 5.10 Å². The van der Waals surface area contributed by atoms with Crippen LogP contribution in [0.15, 0.2) is 30.5 Å². The topological polar surface area (TPSA) is 61.1 Å². The van der Waals surface area contributed by atoms with Crippen LogP contribution in [0.5, 0.6) is 0 Å². The predicted octanol–water partition coefficient (Wildman–Crippen LogP) is 2.89. The quantitative estimate of drug-likeness (QED) is 0.665. The van der Waals surface area contributed by atoms with Gasteiger partial charge in [0, 0.05) is 62.0 Å². The van der Waals surface area contributed by atoms with E-state index in [0.717, 1.165) is 29.9 Å². The summed E-state index contributed by atoms with van der Waals surface area (Å²) in [5.41, 5.74) is 5.55. The van der Waals surface area contributed by atoms with Gasteiger partial charge < -0.3 is 14.6 Å². The molecule has 27 heavy (non-hydrogen) atoms. The first kappa shape index (κ1) is 19.2. The molecule has 0 atom stereocenters. The van der Waals surface area contributed by atoms with Crippen molar-refractivity contribution in [2.75, 3.05) is 13.7 Å². The number of carbonyl (C=O) groups is 1. The van der Waals surface area contributed by atoms with Gasteiger partial charge in [-0.1, -0.05) is 18.2 Å². The highest BCUT2D eigenvalue weighted by atomic mass is 16.5. The number of fused-ring (bicyclic) bond motifs is 1. The lowest BCUT2D eigenvalue weighted by Crippen LogP contribution is -2.23. The molecule has 0 unspecified atom stereocenters. The van der Waals surface area contributed by atoms with Crippen molar-refractivity contribution in [3.05, 3.63) is 53.0 Å². The zero-order valence-electron chi connectivity index (χ0n) is 16.6. The molecule has 1 aromatic carbocycles. The second-order valence-corrected chi connectivity index (χ2v) is 6.91. The molecule has 144 valence electrons. The highest BCUT2D eigenvalue weighted by Crippen LogP contribution is 2.22. The maximum Gasteiger partial charge on any atom is 0.220 e. The molecule has 0 aliphatic carbocycles. The van der Waals surface area contributed by atoms with Crippen LogP contribution in [0.4, 0.5) is 0 Å². The van der Waals surface area contributed by atoms with E-state index >= 15 is 0 Å². The fourth-order valence-electron chi connectivity index (χ4n) is 3.49. The minimum absolute atomic E-state index is 0.0615. The molecule has 1 N–H and O–H groups in total. The maximum absolute atomic E-state index is 12.4. The third kappa shape index (κ3) is 4.22. The number of aromatic nitrogens is 3. The summed E-state index contributed by atoms with van der Waals surface area (Å²) in [4.78, 5) is 12.4. The van der Waals surface area contributed by atoms with Gasteiger partial charge in [-0.15, -0.1) is 0 Å². The Morgan fingerprint density at radius 2 is 2.04 bits per heavy atom. The molecule has 0 aliphatic rings. The van der Waals surface area contributed by atoms with Crippen LogP contribution in [0.3, 0.4) is 0 Å². The van der Waals surface area contributed by atoms with E-state index < -0.39 is 0 Å². The van der Waals surface area contributed by atoms with Gasteiger partial charge >= 0.3 is 0 Å². The zero-order chi connectivity index (χ0) is 19.4. The summed E-state index contributed by atoms with van der Waals surface area (Å²) in [6.07, 6.45) is 3.33. The van der Waals surface area contributed by atoms with Gasteiger partial charge in [-0.25, -0.2) is 0 Å². The molecule has 6 heteroatoms. The minimum Gasteiger partial charge on any atom is -0.383 e. The van der Waals surface area contributed by atoms with Crippen LogP contribution in [-0.4, -0.2) is 34.0 Å². The highest BCUT2D eigenvalue weighted by Gasteiger charge is 2.12. The molecule has 0 aliphatic heterocycles. The third-order valence-electron chi connectivity index (χ3n) is 5.15. The Hall–Kier alpha value is -2.60. The monoisotopic (exact) mass is 368 g/mol. The number of rotatable bonds is 8. The summed E-state index contributed by atoms with van der Waals surface area (Å²) >= 11 is 0. The molecule has 0 saturated heterocycles. The van der Waals surface area contributed by atoms with Gasteiger partial charge in [0.1, 0.15) is 0 Å². The standard InChI is InChI=1S/C21H28N4O2/c1-15-19(16(2)24(3)23-15)13-22-21(26)10-9-17-14-25(11-12-27-4)20-8-6-5-7-18(17)20/h5-8,14H,9-13H2,1-4H3,(H,22,26). The van der Waals surface area contributed by atoms with Gasteiger partial charge in [-0.05, 0) is 31.9 Å². The van der Waals surface area contributed by atoms with E-state index in [4.69, 9.17) is 4.74 Å². The number of nitrogens with zero attached hydrogens (tertiary/aromatic N) is 3. The van der Waals surface area contributed by atoms with E-state index in [1.54, 1.807) is 7.11 Å². The van der Waals surface area contributed by atoms with Crippen LogP contribution in [0.25, 0.3) is 10.9 Å². The molecule has 0 fully saturated rings. The first-order valence-electron chi connectivity index (χ1n) is 9.32. The zero-order valence-corrected chi connectivity index (χ0v) is 16.6.